The van der Waals surface area contributed by atoms with Crippen LogP contribution >= 0.6 is 11.3 Å². The van der Waals surface area contributed by atoms with Crippen LogP contribution in [0, 0.1) is 0 Å². The quantitative estimate of drug-likeness (QED) is 0.372. The molecule has 2 heterocycles. The van der Waals surface area contributed by atoms with Crippen LogP contribution in [0.4, 0.5) is 5.13 Å². The smallest absolute Gasteiger partial charge is 0.185 e. The molecule has 1 aliphatic heterocycles. The Balaban J connectivity index is 1.92. The zero-order valence-corrected chi connectivity index (χ0v) is 12.2. The number of nitrogens with zero attached hydrogens (tertiary/aromatic N) is 4. The average molecular weight is 283 g/mol. The monoisotopic (exact) mass is 283 g/mol. The van der Waals surface area contributed by atoms with Crippen molar-refractivity contribution >= 4 is 22.3 Å². The number of hydrogen-bond donors (Lipinski definition) is 2. The van der Waals surface area contributed by atoms with Gasteiger partial charge in [-0.25, -0.2) is 4.98 Å². The van der Waals surface area contributed by atoms with Crippen molar-refractivity contribution in [2.24, 2.45) is 10.9 Å². The molecule has 1 fully saturated rings. The molecule has 7 heteroatoms. The summed E-state index contributed by atoms with van der Waals surface area (Å²) in [6, 6.07) is -0.0188. The molecule has 0 saturated carbocycles. The first kappa shape index (κ1) is 14.1. The second-order valence-corrected chi connectivity index (χ2v) is 5.54. The van der Waals surface area contributed by atoms with Crippen LogP contribution in [0.2, 0.25) is 0 Å². The van der Waals surface area contributed by atoms with Crippen LogP contribution in [-0.4, -0.2) is 53.1 Å². The van der Waals surface area contributed by atoms with E-state index in [2.05, 4.69) is 32.2 Å². The number of amidine groups is 1. The molecule has 19 heavy (non-hydrogen) atoms. The normalized spacial score (nSPS) is 19.7. The predicted octanol–water partition coefficient (Wildman–Crippen LogP) is 0.962. The number of rotatable bonds is 4. The van der Waals surface area contributed by atoms with E-state index in [1.54, 1.807) is 11.3 Å². The Hall–Kier alpha value is -1.34. The van der Waals surface area contributed by atoms with Crippen LogP contribution in [0.3, 0.4) is 0 Å². The lowest BCUT2D eigenvalue weighted by molar-refractivity contribution is 0.230. The van der Waals surface area contributed by atoms with Crippen molar-refractivity contribution in [2.45, 2.75) is 26.3 Å². The predicted molar refractivity (Wildman–Crippen MR) is 78.1 cm³/mol. The van der Waals surface area contributed by atoms with Crippen LogP contribution in [0.1, 0.15) is 19.5 Å². The second kappa shape index (κ2) is 6.21. The second-order valence-electron chi connectivity index (χ2n) is 4.70. The summed E-state index contributed by atoms with van der Waals surface area (Å²) in [4.78, 5) is 9.14. The van der Waals surface area contributed by atoms with Crippen LogP contribution in [-0.2, 0) is 6.42 Å². The summed E-state index contributed by atoms with van der Waals surface area (Å²) >= 11 is 1.71. The van der Waals surface area contributed by atoms with Crippen molar-refractivity contribution in [3.63, 3.8) is 0 Å². The summed E-state index contributed by atoms with van der Waals surface area (Å²) in [6.45, 7) is 7.75. The molecule has 1 saturated heterocycles. The molecule has 0 spiro atoms. The lowest BCUT2D eigenvalue weighted by atomic mass is 10.2. The summed E-state index contributed by atoms with van der Waals surface area (Å²) < 4.78 is 0. The maximum absolute atomic E-state index is 8.71. The first-order valence-electron chi connectivity index (χ1n) is 6.56. The number of oxime groups is 1. The van der Waals surface area contributed by atoms with Crippen LogP contribution < -0.4 is 10.6 Å². The zero-order valence-electron chi connectivity index (χ0n) is 11.4. The highest BCUT2D eigenvalue weighted by Crippen LogP contribution is 2.22. The van der Waals surface area contributed by atoms with E-state index in [-0.39, 0.29) is 11.9 Å². The molecule has 1 aliphatic rings. The third kappa shape index (κ3) is 3.16. The number of hydrogen-bond acceptors (Lipinski definition) is 6. The zero-order chi connectivity index (χ0) is 13.8. The minimum Gasteiger partial charge on any atom is -0.409 e. The summed E-state index contributed by atoms with van der Waals surface area (Å²) in [5.41, 5.74) is 6.81. The van der Waals surface area contributed by atoms with Gasteiger partial charge in [0.1, 0.15) is 0 Å². The summed E-state index contributed by atoms with van der Waals surface area (Å²) in [6.07, 6.45) is 0.983. The highest BCUT2D eigenvalue weighted by Gasteiger charge is 2.24. The van der Waals surface area contributed by atoms with Gasteiger partial charge in [0, 0.05) is 31.6 Å². The number of aromatic nitrogens is 1. The van der Waals surface area contributed by atoms with E-state index < -0.39 is 0 Å². The van der Waals surface area contributed by atoms with Crippen LogP contribution in [0.15, 0.2) is 10.5 Å². The molecular formula is C12H21N5OS. The topological polar surface area (TPSA) is 78.0 Å². The minimum absolute atomic E-state index is 0.0188. The highest BCUT2D eigenvalue weighted by atomic mass is 32.1. The fraction of sp³-hybridized carbons (Fsp3) is 0.667. The Bertz CT molecular complexity index is 439. The molecular weight excluding hydrogens is 262 g/mol. The Morgan fingerprint density at radius 2 is 2.21 bits per heavy atom. The molecule has 0 radical (unpaired) electrons. The number of piperazine rings is 1. The minimum atomic E-state index is -0.0188. The molecule has 0 aromatic carbocycles. The molecule has 6 nitrogen and oxygen atoms in total. The van der Waals surface area contributed by atoms with Crippen molar-refractivity contribution in [1.29, 1.82) is 0 Å². The SMILES string of the molecule is CCc1csc(N2CCN(C(C)C(N)=NO)CC2)n1. The van der Waals surface area contributed by atoms with Crippen molar-refractivity contribution in [1.82, 2.24) is 9.88 Å². The van der Waals surface area contributed by atoms with Crippen molar-refractivity contribution in [2.75, 3.05) is 31.1 Å². The van der Waals surface area contributed by atoms with Gasteiger partial charge in [0.05, 0.1) is 11.7 Å². The highest BCUT2D eigenvalue weighted by molar-refractivity contribution is 7.13. The van der Waals surface area contributed by atoms with Crippen molar-refractivity contribution in [3.05, 3.63) is 11.1 Å². The van der Waals surface area contributed by atoms with E-state index in [0.717, 1.165) is 43.4 Å². The number of aryl methyl sites for hydroxylation is 1. The van der Waals surface area contributed by atoms with Crippen LogP contribution in [0.5, 0.6) is 0 Å². The van der Waals surface area contributed by atoms with E-state index in [4.69, 9.17) is 10.9 Å². The third-order valence-corrected chi connectivity index (χ3v) is 4.53. The molecule has 0 bridgehead atoms. The van der Waals surface area contributed by atoms with Gasteiger partial charge in [0.15, 0.2) is 11.0 Å². The van der Waals surface area contributed by atoms with E-state index >= 15 is 0 Å². The fourth-order valence-corrected chi connectivity index (χ4v) is 3.14. The first-order chi connectivity index (χ1) is 9.15. The Morgan fingerprint density at radius 3 is 2.74 bits per heavy atom. The largest absolute Gasteiger partial charge is 0.409 e. The molecule has 0 amide bonds. The van der Waals surface area contributed by atoms with Gasteiger partial charge in [-0.15, -0.1) is 11.3 Å². The third-order valence-electron chi connectivity index (χ3n) is 3.58. The molecule has 1 unspecified atom stereocenters. The van der Waals surface area contributed by atoms with Gasteiger partial charge in [-0.2, -0.15) is 0 Å². The van der Waals surface area contributed by atoms with E-state index in [1.165, 1.54) is 0 Å². The molecule has 3 N–H and O–H groups in total. The maximum atomic E-state index is 8.71. The molecule has 2 rings (SSSR count). The van der Waals surface area contributed by atoms with Crippen molar-refractivity contribution in [3.8, 4) is 0 Å². The molecule has 1 aromatic heterocycles. The lowest BCUT2D eigenvalue weighted by Crippen LogP contribution is -2.53. The molecule has 1 aromatic rings. The Morgan fingerprint density at radius 1 is 1.53 bits per heavy atom. The summed E-state index contributed by atoms with van der Waals surface area (Å²) in [7, 11) is 0. The summed E-state index contributed by atoms with van der Waals surface area (Å²) in [5, 5.41) is 15.0. The van der Waals surface area contributed by atoms with E-state index in [9.17, 15) is 0 Å². The average Bonchev–Trinajstić information content (AvgIpc) is 2.94. The number of nitrogens with two attached hydrogens (primary N) is 1. The Labute approximate surface area is 117 Å². The molecule has 106 valence electrons. The van der Waals surface area contributed by atoms with E-state index in [1.807, 2.05) is 6.92 Å². The summed E-state index contributed by atoms with van der Waals surface area (Å²) in [5.74, 6) is 0.274. The van der Waals surface area contributed by atoms with E-state index in [0.29, 0.717) is 0 Å². The first-order valence-corrected chi connectivity index (χ1v) is 7.44. The van der Waals surface area contributed by atoms with Gasteiger partial charge >= 0.3 is 0 Å². The van der Waals surface area contributed by atoms with Crippen molar-refractivity contribution < 1.29 is 5.21 Å². The number of thiazole rings is 1. The fourth-order valence-electron chi connectivity index (χ4n) is 2.18. The van der Waals surface area contributed by atoms with Gasteiger partial charge in [-0.05, 0) is 13.3 Å². The van der Waals surface area contributed by atoms with Gasteiger partial charge < -0.3 is 15.8 Å². The molecule has 1 atom stereocenters. The Kier molecular flexibility index (Phi) is 4.60. The van der Waals surface area contributed by atoms with Gasteiger partial charge in [0.25, 0.3) is 0 Å². The van der Waals surface area contributed by atoms with Gasteiger partial charge in [0.2, 0.25) is 0 Å². The van der Waals surface area contributed by atoms with Crippen LogP contribution in [0.25, 0.3) is 0 Å². The van der Waals surface area contributed by atoms with Gasteiger partial charge in [-0.3, -0.25) is 4.90 Å². The lowest BCUT2D eigenvalue weighted by Gasteiger charge is -2.37. The van der Waals surface area contributed by atoms with Gasteiger partial charge in [-0.1, -0.05) is 12.1 Å². The number of anilines is 1. The maximum Gasteiger partial charge on any atom is 0.185 e. The standard InChI is InChI=1S/C12H21N5OS/c1-3-10-8-19-12(14-10)17-6-4-16(5-7-17)9(2)11(13)15-18/h8-9,18H,3-7H2,1-2H3,(H2,13,15). The molecule has 0 aliphatic carbocycles.